The molecular weight excluding hydrogens is 450 g/mol. The van der Waals surface area contributed by atoms with E-state index >= 15 is 0 Å². The summed E-state index contributed by atoms with van der Waals surface area (Å²) in [4.78, 5) is 32.8. The molecule has 176 valence electrons. The molecule has 5 rings (SSSR count). The van der Waals surface area contributed by atoms with Crippen molar-refractivity contribution in [3.8, 4) is 11.4 Å². The average Bonchev–Trinajstić information content (AvgIpc) is 3.42. The van der Waals surface area contributed by atoms with Gasteiger partial charge in [-0.1, -0.05) is 0 Å². The van der Waals surface area contributed by atoms with Crippen LogP contribution in [-0.4, -0.2) is 70.1 Å². The molecule has 4 heterocycles. The topological polar surface area (TPSA) is 108 Å². The first-order chi connectivity index (χ1) is 16.5. The van der Waals surface area contributed by atoms with Gasteiger partial charge in [0.05, 0.1) is 23.9 Å². The van der Waals surface area contributed by atoms with E-state index in [1.807, 2.05) is 44.2 Å². The van der Waals surface area contributed by atoms with Gasteiger partial charge < -0.3 is 20.4 Å². The number of aromatic nitrogens is 4. The van der Waals surface area contributed by atoms with Crippen LogP contribution in [0, 0.1) is 13.8 Å². The summed E-state index contributed by atoms with van der Waals surface area (Å²) in [5.74, 6) is 0.391. The number of anilines is 2. The van der Waals surface area contributed by atoms with E-state index in [2.05, 4.69) is 35.5 Å². The van der Waals surface area contributed by atoms with Crippen LogP contribution in [0.25, 0.3) is 22.3 Å². The van der Waals surface area contributed by atoms with E-state index in [0.717, 1.165) is 70.7 Å². The highest BCUT2D eigenvalue weighted by atomic mass is 32.1. The standard InChI is InChI=1S/C24H27N7O2S/c1-15-22(27-16(2)34-15)20-5-6-26-24(30-20)28-18-3-4-19-17(13-18)14-21(29-19)23(32)25-7-8-31-9-11-33-12-10-31/h3-6,13-14,29H,7-12H2,1-2H3,(H,25,32)(H,26,28,30). The van der Waals surface area contributed by atoms with E-state index in [4.69, 9.17) is 4.74 Å². The zero-order valence-corrected chi connectivity index (χ0v) is 20.0. The molecule has 1 amide bonds. The number of hydrogen-bond acceptors (Lipinski definition) is 8. The first-order valence-corrected chi connectivity index (χ1v) is 12.1. The Bertz CT molecular complexity index is 1310. The molecule has 1 aromatic carbocycles. The van der Waals surface area contributed by atoms with Crippen LogP contribution in [0.5, 0.6) is 0 Å². The smallest absolute Gasteiger partial charge is 0.267 e. The van der Waals surface area contributed by atoms with Crippen molar-refractivity contribution >= 4 is 39.8 Å². The Morgan fingerprint density at radius 2 is 2.03 bits per heavy atom. The van der Waals surface area contributed by atoms with Crippen molar-refractivity contribution in [1.82, 2.24) is 30.2 Å². The van der Waals surface area contributed by atoms with Crippen molar-refractivity contribution in [2.45, 2.75) is 13.8 Å². The van der Waals surface area contributed by atoms with Gasteiger partial charge in [-0.05, 0) is 44.2 Å². The molecule has 1 aliphatic rings. The monoisotopic (exact) mass is 477 g/mol. The molecule has 0 saturated carbocycles. The van der Waals surface area contributed by atoms with E-state index in [0.29, 0.717) is 18.2 Å². The first kappa shape index (κ1) is 22.5. The van der Waals surface area contributed by atoms with E-state index in [-0.39, 0.29) is 5.91 Å². The second kappa shape index (κ2) is 9.88. The number of morpholine rings is 1. The van der Waals surface area contributed by atoms with Crippen LogP contribution in [-0.2, 0) is 4.74 Å². The molecule has 4 aromatic rings. The number of aryl methyl sites for hydroxylation is 2. The van der Waals surface area contributed by atoms with Gasteiger partial charge in [0.25, 0.3) is 5.91 Å². The van der Waals surface area contributed by atoms with Gasteiger partial charge in [-0.15, -0.1) is 11.3 Å². The summed E-state index contributed by atoms with van der Waals surface area (Å²) in [7, 11) is 0. The molecule has 1 aliphatic heterocycles. The number of amides is 1. The highest BCUT2D eigenvalue weighted by molar-refractivity contribution is 7.11. The molecule has 0 atom stereocenters. The molecule has 10 heteroatoms. The summed E-state index contributed by atoms with van der Waals surface area (Å²) in [6.07, 6.45) is 1.73. The molecule has 0 bridgehead atoms. The van der Waals surface area contributed by atoms with Crippen LogP contribution < -0.4 is 10.6 Å². The Labute approximate surface area is 201 Å². The molecule has 3 aromatic heterocycles. The van der Waals surface area contributed by atoms with Gasteiger partial charge >= 0.3 is 0 Å². The zero-order chi connectivity index (χ0) is 23.5. The molecule has 9 nitrogen and oxygen atoms in total. The lowest BCUT2D eigenvalue weighted by Gasteiger charge is -2.26. The second-order valence-electron chi connectivity index (χ2n) is 8.22. The fourth-order valence-electron chi connectivity index (χ4n) is 4.03. The first-order valence-electron chi connectivity index (χ1n) is 11.3. The quantitative estimate of drug-likeness (QED) is 0.374. The number of rotatable bonds is 7. The lowest BCUT2D eigenvalue weighted by Crippen LogP contribution is -2.41. The molecule has 3 N–H and O–H groups in total. The number of ether oxygens (including phenoxy) is 1. The minimum Gasteiger partial charge on any atom is -0.379 e. The van der Waals surface area contributed by atoms with Crippen LogP contribution >= 0.6 is 11.3 Å². The van der Waals surface area contributed by atoms with Crippen LogP contribution in [0.1, 0.15) is 20.4 Å². The van der Waals surface area contributed by atoms with Crippen LogP contribution in [0.3, 0.4) is 0 Å². The zero-order valence-electron chi connectivity index (χ0n) is 19.2. The summed E-state index contributed by atoms with van der Waals surface area (Å²) >= 11 is 1.66. The second-order valence-corrected chi connectivity index (χ2v) is 9.63. The average molecular weight is 478 g/mol. The van der Waals surface area contributed by atoms with Gasteiger partial charge in [0, 0.05) is 53.8 Å². The number of benzene rings is 1. The number of hydrogen-bond donors (Lipinski definition) is 3. The third-order valence-electron chi connectivity index (χ3n) is 5.74. The summed E-state index contributed by atoms with van der Waals surface area (Å²) in [5, 5.41) is 8.21. The van der Waals surface area contributed by atoms with Gasteiger partial charge in [-0.3, -0.25) is 9.69 Å². The predicted octanol–water partition coefficient (Wildman–Crippen LogP) is 3.50. The van der Waals surface area contributed by atoms with Gasteiger partial charge in [-0.2, -0.15) is 0 Å². The fraction of sp³-hybridized carbons (Fsp3) is 0.333. The molecular formula is C24H27N7O2S. The SMILES string of the molecule is Cc1nc(-c2ccnc(Nc3ccc4[nH]c(C(=O)NCCN5CCOCC5)cc4c3)n2)c(C)s1. The maximum atomic E-state index is 12.6. The van der Waals surface area contributed by atoms with Crippen molar-refractivity contribution in [3.63, 3.8) is 0 Å². The molecule has 34 heavy (non-hydrogen) atoms. The fourth-order valence-corrected chi connectivity index (χ4v) is 4.85. The van der Waals surface area contributed by atoms with Crippen molar-refractivity contribution in [2.75, 3.05) is 44.7 Å². The van der Waals surface area contributed by atoms with Crippen molar-refractivity contribution in [1.29, 1.82) is 0 Å². The Hall–Kier alpha value is -3.34. The molecule has 1 saturated heterocycles. The largest absolute Gasteiger partial charge is 0.379 e. The summed E-state index contributed by atoms with van der Waals surface area (Å²) in [6.45, 7) is 8.80. The van der Waals surface area contributed by atoms with Crippen LogP contribution in [0.4, 0.5) is 11.6 Å². The molecule has 1 fully saturated rings. The minimum atomic E-state index is -0.107. The number of carbonyl (C=O) groups excluding carboxylic acids is 1. The Kier molecular flexibility index (Phi) is 6.52. The van der Waals surface area contributed by atoms with Gasteiger partial charge in [0.2, 0.25) is 5.95 Å². The number of thiazole rings is 1. The lowest BCUT2D eigenvalue weighted by molar-refractivity contribution is 0.0383. The highest BCUT2D eigenvalue weighted by Crippen LogP contribution is 2.27. The number of H-pyrrole nitrogens is 1. The summed E-state index contributed by atoms with van der Waals surface area (Å²) in [5.41, 5.74) is 3.96. The number of aromatic amines is 1. The van der Waals surface area contributed by atoms with Crippen LogP contribution in [0.2, 0.25) is 0 Å². The third-order valence-corrected chi connectivity index (χ3v) is 6.63. The van der Waals surface area contributed by atoms with E-state index < -0.39 is 0 Å². The molecule has 0 spiro atoms. The van der Waals surface area contributed by atoms with E-state index in [9.17, 15) is 4.79 Å². The maximum absolute atomic E-state index is 12.6. The van der Waals surface area contributed by atoms with Crippen LogP contribution in [0.15, 0.2) is 36.5 Å². The summed E-state index contributed by atoms with van der Waals surface area (Å²) in [6, 6.07) is 9.59. The number of carbonyl (C=O) groups is 1. The van der Waals surface area contributed by atoms with Gasteiger partial charge in [0.1, 0.15) is 11.4 Å². The van der Waals surface area contributed by atoms with E-state index in [1.165, 1.54) is 0 Å². The predicted molar refractivity (Wildman–Crippen MR) is 134 cm³/mol. The Balaban J connectivity index is 1.25. The maximum Gasteiger partial charge on any atom is 0.267 e. The Morgan fingerprint density at radius 1 is 1.18 bits per heavy atom. The third kappa shape index (κ3) is 5.09. The number of nitrogens with one attached hydrogen (secondary N) is 3. The molecule has 0 aliphatic carbocycles. The molecule has 0 unspecified atom stereocenters. The minimum absolute atomic E-state index is 0.107. The molecule has 0 radical (unpaired) electrons. The van der Waals surface area contributed by atoms with Crippen molar-refractivity contribution in [3.05, 3.63) is 52.1 Å². The van der Waals surface area contributed by atoms with Gasteiger partial charge in [-0.25, -0.2) is 15.0 Å². The van der Waals surface area contributed by atoms with E-state index in [1.54, 1.807) is 17.5 Å². The Morgan fingerprint density at radius 3 is 2.82 bits per heavy atom. The van der Waals surface area contributed by atoms with Crippen molar-refractivity contribution in [2.24, 2.45) is 0 Å². The summed E-state index contributed by atoms with van der Waals surface area (Å²) < 4.78 is 5.36. The lowest BCUT2D eigenvalue weighted by atomic mass is 10.2. The van der Waals surface area contributed by atoms with Gasteiger partial charge in [0.15, 0.2) is 0 Å². The number of nitrogens with zero attached hydrogens (tertiary/aromatic N) is 4. The van der Waals surface area contributed by atoms with Crippen molar-refractivity contribution < 1.29 is 9.53 Å². The number of fused-ring (bicyclic) bond motifs is 1. The normalized spacial score (nSPS) is 14.4. The highest BCUT2D eigenvalue weighted by Gasteiger charge is 2.14.